The molecule has 0 heterocycles. The number of carbonyl (C=O) groups excluding carboxylic acids is 1. The molecule has 2 saturated carbocycles. The van der Waals surface area contributed by atoms with Gasteiger partial charge in [-0.25, -0.2) is 8.78 Å². The lowest BCUT2D eigenvalue weighted by atomic mass is 9.48. The summed E-state index contributed by atoms with van der Waals surface area (Å²) in [5, 5.41) is 12.7. The van der Waals surface area contributed by atoms with Crippen LogP contribution >= 0.6 is 0 Å². The first-order valence-electron chi connectivity index (χ1n) is 14.4. The molecule has 6 rings (SSSR count). The molecule has 6 atom stereocenters. The monoisotopic (exact) mass is 526 g/mol. The van der Waals surface area contributed by atoms with Gasteiger partial charge in [-0.2, -0.15) is 5.26 Å². The van der Waals surface area contributed by atoms with Crippen LogP contribution in [0.15, 0.2) is 71.8 Å². The van der Waals surface area contributed by atoms with Gasteiger partial charge in [-0.3, -0.25) is 4.79 Å². The number of nitrogens with zero attached hydrogens (tertiary/aromatic N) is 1. The highest BCUT2D eigenvalue weighted by Crippen LogP contribution is 2.66. The van der Waals surface area contributed by atoms with Crippen molar-refractivity contribution in [2.75, 3.05) is 0 Å². The Bertz CT molecular complexity index is 1330. The van der Waals surface area contributed by atoms with Crippen LogP contribution in [0, 0.1) is 57.5 Å². The lowest BCUT2D eigenvalue weighted by molar-refractivity contribution is -0.132. The second kappa shape index (κ2) is 9.73. The normalized spacial score (nSPS) is 33.2. The van der Waals surface area contributed by atoms with Crippen molar-refractivity contribution in [3.05, 3.63) is 94.6 Å². The molecule has 3 nitrogen and oxygen atoms in total. The summed E-state index contributed by atoms with van der Waals surface area (Å²) in [5.41, 5.74) is 3.84. The number of amides is 1. The Morgan fingerprint density at radius 2 is 1.59 bits per heavy atom. The molecule has 2 aromatic rings. The third-order valence-electron chi connectivity index (χ3n) is 10.9. The molecule has 0 saturated heterocycles. The first-order chi connectivity index (χ1) is 18.7. The zero-order valence-corrected chi connectivity index (χ0v) is 22.7. The standard InChI is InChI=1S/C34H36F2N2O/c1-33-17-15-21(20-37)19-24(33)7-12-27-28-13-14-30(34(28,2)18-16-29(27)33)32(39)38-31(22-3-8-25(35)9-4-22)23-5-10-26(36)11-6-23/h3-11,19,27-31H,12-18H2,1-2H3,(H,38,39)/t27-,28-,29-,30+,33-,34-/m0/s1. The van der Waals surface area contributed by atoms with Crippen molar-refractivity contribution < 1.29 is 13.6 Å². The number of rotatable bonds is 4. The smallest absolute Gasteiger partial charge is 0.224 e. The Kier molecular flexibility index (Phi) is 6.49. The lowest BCUT2D eigenvalue weighted by Gasteiger charge is -2.56. The molecular formula is C34H36F2N2O. The van der Waals surface area contributed by atoms with E-state index in [4.69, 9.17) is 0 Å². The van der Waals surface area contributed by atoms with E-state index in [0.717, 1.165) is 61.6 Å². The van der Waals surface area contributed by atoms with Gasteiger partial charge in [-0.1, -0.05) is 44.2 Å². The van der Waals surface area contributed by atoms with Crippen LogP contribution in [0.1, 0.15) is 76.0 Å². The highest BCUT2D eigenvalue weighted by Gasteiger charge is 2.59. The summed E-state index contributed by atoms with van der Waals surface area (Å²) in [6.45, 7) is 4.73. The minimum absolute atomic E-state index is 0.0367. The van der Waals surface area contributed by atoms with Gasteiger partial charge in [0, 0.05) is 11.5 Å². The topological polar surface area (TPSA) is 52.9 Å². The van der Waals surface area contributed by atoms with Crippen LogP contribution in [0.2, 0.25) is 0 Å². The SMILES string of the molecule is C[C@]12CC[C@H]3[C@@H](CC=C4C=C(C#N)CC[C@@]43C)[C@@H]1CC[C@@H]2C(=O)NC(c1ccc(F)cc1)c1ccc(F)cc1. The van der Waals surface area contributed by atoms with Gasteiger partial charge in [0.2, 0.25) is 5.91 Å². The van der Waals surface area contributed by atoms with E-state index in [1.165, 1.54) is 29.8 Å². The quantitative estimate of drug-likeness (QED) is 0.442. The first-order valence-corrected chi connectivity index (χ1v) is 14.4. The Hall–Kier alpha value is -3.26. The summed E-state index contributed by atoms with van der Waals surface area (Å²) in [6, 6.07) is 14.3. The second-order valence-electron chi connectivity index (χ2n) is 12.7. The fourth-order valence-electron chi connectivity index (χ4n) is 8.76. The first kappa shape index (κ1) is 26.0. The molecule has 1 N–H and O–H groups in total. The molecule has 0 radical (unpaired) electrons. The van der Waals surface area contributed by atoms with E-state index in [-0.39, 0.29) is 34.3 Å². The summed E-state index contributed by atoms with van der Waals surface area (Å²) in [7, 11) is 0. The molecule has 5 heteroatoms. The molecule has 0 bridgehead atoms. The molecule has 4 aliphatic rings. The van der Waals surface area contributed by atoms with E-state index >= 15 is 0 Å². The van der Waals surface area contributed by atoms with E-state index in [1.54, 1.807) is 24.3 Å². The van der Waals surface area contributed by atoms with Gasteiger partial charge in [0.05, 0.1) is 12.1 Å². The third-order valence-corrected chi connectivity index (χ3v) is 10.9. The van der Waals surface area contributed by atoms with Crippen LogP contribution in [0.25, 0.3) is 0 Å². The maximum absolute atomic E-state index is 14.0. The number of carbonyl (C=O) groups is 1. The Morgan fingerprint density at radius 1 is 0.949 bits per heavy atom. The predicted molar refractivity (Wildman–Crippen MR) is 147 cm³/mol. The van der Waals surface area contributed by atoms with Gasteiger partial charge in [0.15, 0.2) is 0 Å². The Morgan fingerprint density at radius 3 is 2.21 bits per heavy atom. The van der Waals surface area contributed by atoms with E-state index in [0.29, 0.717) is 17.8 Å². The molecule has 2 aromatic carbocycles. The van der Waals surface area contributed by atoms with Crippen LogP contribution in [0.5, 0.6) is 0 Å². The highest BCUT2D eigenvalue weighted by molar-refractivity contribution is 5.81. The summed E-state index contributed by atoms with van der Waals surface area (Å²) < 4.78 is 27.4. The molecule has 0 aromatic heterocycles. The van der Waals surface area contributed by atoms with Gasteiger partial charge < -0.3 is 5.32 Å². The molecule has 0 unspecified atom stereocenters. The lowest BCUT2D eigenvalue weighted by Crippen LogP contribution is -2.51. The molecular weight excluding hydrogens is 490 g/mol. The number of nitriles is 1. The summed E-state index contributed by atoms with van der Waals surface area (Å²) >= 11 is 0. The Balaban J connectivity index is 1.25. The van der Waals surface area contributed by atoms with E-state index in [2.05, 4.69) is 37.4 Å². The third kappa shape index (κ3) is 4.33. The number of benzene rings is 2. The van der Waals surface area contributed by atoms with E-state index < -0.39 is 6.04 Å². The van der Waals surface area contributed by atoms with E-state index in [9.17, 15) is 18.8 Å². The van der Waals surface area contributed by atoms with Crippen LogP contribution < -0.4 is 5.32 Å². The zero-order chi connectivity index (χ0) is 27.4. The fraction of sp³-hybridized carbons (Fsp3) is 0.471. The summed E-state index contributed by atoms with van der Waals surface area (Å²) in [5.74, 6) is 0.898. The molecule has 0 spiro atoms. The van der Waals surface area contributed by atoms with Gasteiger partial charge in [-0.05, 0) is 121 Å². The predicted octanol–water partition coefficient (Wildman–Crippen LogP) is 7.81. The Labute approximate surface area is 230 Å². The number of hydrogen-bond donors (Lipinski definition) is 1. The average molecular weight is 527 g/mol. The summed E-state index contributed by atoms with van der Waals surface area (Å²) in [6.07, 6.45) is 11.5. The molecule has 39 heavy (non-hydrogen) atoms. The number of allylic oxidation sites excluding steroid dienone is 4. The second-order valence-corrected chi connectivity index (χ2v) is 12.7. The van der Waals surface area contributed by atoms with E-state index in [1.807, 2.05) is 0 Å². The maximum Gasteiger partial charge on any atom is 0.224 e. The number of fused-ring (bicyclic) bond motifs is 5. The van der Waals surface area contributed by atoms with Crippen LogP contribution in [-0.2, 0) is 4.79 Å². The fourth-order valence-corrected chi connectivity index (χ4v) is 8.76. The van der Waals surface area contributed by atoms with Crippen molar-refractivity contribution in [3.8, 4) is 6.07 Å². The van der Waals surface area contributed by atoms with Crippen molar-refractivity contribution in [1.82, 2.24) is 5.32 Å². The number of nitrogens with one attached hydrogen (secondary N) is 1. The molecule has 202 valence electrons. The van der Waals surface area contributed by atoms with Crippen molar-refractivity contribution in [3.63, 3.8) is 0 Å². The van der Waals surface area contributed by atoms with Gasteiger partial charge in [0.1, 0.15) is 11.6 Å². The number of halogens is 2. The minimum Gasteiger partial charge on any atom is -0.345 e. The molecule has 1 amide bonds. The van der Waals surface area contributed by atoms with Crippen LogP contribution in [0.4, 0.5) is 8.78 Å². The van der Waals surface area contributed by atoms with Crippen LogP contribution in [0.3, 0.4) is 0 Å². The van der Waals surface area contributed by atoms with Gasteiger partial charge >= 0.3 is 0 Å². The van der Waals surface area contributed by atoms with Gasteiger partial charge in [-0.15, -0.1) is 0 Å². The van der Waals surface area contributed by atoms with Crippen molar-refractivity contribution in [2.24, 2.45) is 34.5 Å². The highest BCUT2D eigenvalue weighted by atomic mass is 19.1. The zero-order valence-electron chi connectivity index (χ0n) is 22.7. The van der Waals surface area contributed by atoms with Crippen molar-refractivity contribution in [1.29, 1.82) is 5.26 Å². The van der Waals surface area contributed by atoms with Crippen molar-refractivity contribution >= 4 is 5.91 Å². The molecule has 4 aliphatic carbocycles. The van der Waals surface area contributed by atoms with Gasteiger partial charge in [0.25, 0.3) is 0 Å². The minimum atomic E-state index is -0.472. The van der Waals surface area contributed by atoms with Crippen molar-refractivity contribution in [2.45, 2.75) is 64.8 Å². The largest absolute Gasteiger partial charge is 0.345 e. The van der Waals surface area contributed by atoms with Crippen LogP contribution in [-0.4, -0.2) is 5.91 Å². The maximum atomic E-state index is 14.0. The average Bonchev–Trinajstić information content (AvgIpc) is 3.30. The number of hydrogen-bond acceptors (Lipinski definition) is 2. The molecule has 2 fully saturated rings. The molecule has 0 aliphatic heterocycles. The summed E-state index contributed by atoms with van der Waals surface area (Å²) in [4.78, 5) is 14.0.